The van der Waals surface area contributed by atoms with Gasteiger partial charge in [-0.1, -0.05) is 6.07 Å². The number of allylic oxidation sites excluding steroid dienone is 3. The molecule has 2 aromatic rings. The molecular formula is C20H23F3N4O2. The Hall–Kier alpha value is -2.81. The third kappa shape index (κ3) is 4.97. The van der Waals surface area contributed by atoms with Crippen LogP contribution in [0.3, 0.4) is 0 Å². The summed E-state index contributed by atoms with van der Waals surface area (Å²) >= 11 is 0. The first-order valence-electron chi connectivity index (χ1n) is 9.06. The Morgan fingerprint density at radius 1 is 1.17 bits per heavy atom. The first-order valence-corrected chi connectivity index (χ1v) is 9.06. The molecule has 156 valence electrons. The minimum absolute atomic E-state index is 0.0825. The number of hydrogen-bond acceptors (Lipinski definition) is 5. The van der Waals surface area contributed by atoms with Gasteiger partial charge in [-0.15, -0.1) is 0 Å². The van der Waals surface area contributed by atoms with Crippen LogP contribution in [0.4, 0.5) is 13.2 Å². The zero-order chi connectivity index (χ0) is 21.0. The van der Waals surface area contributed by atoms with Gasteiger partial charge in [0.1, 0.15) is 25.0 Å². The van der Waals surface area contributed by atoms with E-state index in [0.29, 0.717) is 23.6 Å². The summed E-state index contributed by atoms with van der Waals surface area (Å²) in [6.07, 6.45) is 2.34. The molecule has 0 saturated carbocycles. The molecule has 0 amide bonds. The Morgan fingerprint density at radius 3 is 2.69 bits per heavy atom. The van der Waals surface area contributed by atoms with Crippen LogP contribution in [0.15, 0.2) is 54.2 Å². The van der Waals surface area contributed by atoms with Crippen LogP contribution in [0.2, 0.25) is 0 Å². The van der Waals surface area contributed by atoms with Crippen molar-refractivity contribution in [2.24, 2.45) is 0 Å². The summed E-state index contributed by atoms with van der Waals surface area (Å²) in [6, 6.07) is 4.95. The number of likely N-dealkylation sites (N-methyl/N-ethyl adjacent to an activating group) is 1. The van der Waals surface area contributed by atoms with Crippen molar-refractivity contribution in [2.75, 3.05) is 20.8 Å². The van der Waals surface area contributed by atoms with Gasteiger partial charge < -0.3 is 14.4 Å². The molecule has 0 radical (unpaired) electrons. The number of pyridine rings is 1. The van der Waals surface area contributed by atoms with Crippen LogP contribution < -0.4 is 0 Å². The molecule has 1 unspecified atom stereocenters. The molecule has 0 aliphatic carbocycles. The Kier molecular flexibility index (Phi) is 6.26. The second-order valence-electron chi connectivity index (χ2n) is 6.75. The molecule has 0 aromatic carbocycles. The van der Waals surface area contributed by atoms with Gasteiger partial charge in [-0.3, -0.25) is 9.67 Å². The van der Waals surface area contributed by atoms with Gasteiger partial charge in [0.15, 0.2) is 0 Å². The smallest absolute Gasteiger partial charge is 0.408 e. The minimum Gasteiger partial charge on any atom is -0.491 e. The van der Waals surface area contributed by atoms with Crippen molar-refractivity contribution in [1.29, 1.82) is 0 Å². The second kappa shape index (κ2) is 8.69. The Morgan fingerprint density at radius 2 is 1.97 bits per heavy atom. The summed E-state index contributed by atoms with van der Waals surface area (Å²) in [4.78, 5) is 6.34. The molecule has 3 rings (SSSR count). The van der Waals surface area contributed by atoms with E-state index in [2.05, 4.69) is 15.0 Å². The van der Waals surface area contributed by atoms with Crippen LogP contribution in [0.1, 0.15) is 12.5 Å². The van der Waals surface area contributed by atoms with Gasteiger partial charge in [0.25, 0.3) is 0 Å². The lowest BCUT2D eigenvalue weighted by Gasteiger charge is -2.34. The minimum atomic E-state index is -4.37. The van der Waals surface area contributed by atoms with E-state index in [1.54, 1.807) is 19.2 Å². The highest BCUT2D eigenvalue weighted by molar-refractivity contribution is 5.58. The summed E-state index contributed by atoms with van der Waals surface area (Å²) in [6.45, 7) is 1.43. The molecule has 0 fully saturated rings. The van der Waals surface area contributed by atoms with Crippen molar-refractivity contribution in [3.8, 4) is 11.4 Å². The molecule has 3 heterocycles. The van der Waals surface area contributed by atoms with E-state index < -0.39 is 12.7 Å². The zero-order valence-corrected chi connectivity index (χ0v) is 16.5. The van der Waals surface area contributed by atoms with Crippen LogP contribution in [-0.2, 0) is 22.6 Å². The van der Waals surface area contributed by atoms with Gasteiger partial charge >= 0.3 is 6.18 Å². The number of aromatic nitrogens is 3. The van der Waals surface area contributed by atoms with Crippen molar-refractivity contribution in [2.45, 2.75) is 32.3 Å². The average molecular weight is 408 g/mol. The Labute approximate surface area is 167 Å². The van der Waals surface area contributed by atoms with Crippen LogP contribution in [0.25, 0.3) is 11.4 Å². The number of alkyl halides is 3. The predicted octanol–water partition coefficient (Wildman–Crippen LogP) is 3.77. The first-order chi connectivity index (χ1) is 13.8. The van der Waals surface area contributed by atoms with Gasteiger partial charge in [-0.05, 0) is 31.2 Å². The average Bonchev–Trinajstić information content (AvgIpc) is 3.11. The highest BCUT2D eigenvalue weighted by Gasteiger charge is 2.30. The molecule has 0 bridgehead atoms. The number of rotatable bonds is 7. The number of halogens is 3. The summed E-state index contributed by atoms with van der Waals surface area (Å²) in [5.74, 6) is 0.721. The van der Waals surface area contributed by atoms with E-state index >= 15 is 0 Å². The molecule has 1 aliphatic rings. The van der Waals surface area contributed by atoms with E-state index in [1.165, 1.54) is 18.5 Å². The van der Waals surface area contributed by atoms with E-state index in [0.717, 1.165) is 16.1 Å². The highest BCUT2D eigenvalue weighted by Crippen LogP contribution is 2.27. The SMILES string of the molecule is COCC1C(OCc2cccnc2-c2ccnn2CC(F)(F)F)=CC=C(C)N1C. The molecule has 0 spiro atoms. The van der Waals surface area contributed by atoms with E-state index in [-0.39, 0.29) is 12.6 Å². The second-order valence-corrected chi connectivity index (χ2v) is 6.75. The fraction of sp³-hybridized carbons (Fsp3) is 0.400. The number of ether oxygens (including phenoxy) is 2. The predicted molar refractivity (Wildman–Crippen MR) is 102 cm³/mol. The van der Waals surface area contributed by atoms with E-state index in [4.69, 9.17) is 9.47 Å². The van der Waals surface area contributed by atoms with Crippen LogP contribution >= 0.6 is 0 Å². The third-order valence-corrected chi connectivity index (χ3v) is 4.74. The molecule has 1 aliphatic heterocycles. The summed E-state index contributed by atoms with van der Waals surface area (Å²) in [7, 11) is 3.58. The van der Waals surface area contributed by atoms with Gasteiger partial charge in [0, 0.05) is 37.8 Å². The summed E-state index contributed by atoms with van der Waals surface area (Å²) in [5.41, 5.74) is 2.45. The third-order valence-electron chi connectivity index (χ3n) is 4.74. The first kappa shape index (κ1) is 20.9. The van der Waals surface area contributed by atoms with Crippen LogP contribution in [-0.4, -0.2) is 52.6 Å². The Balaban J connectivity index is 1.83. The van der Waals surface area contributed by atoms with Crippen LogP contribution in [0, 0.1) is 0 Å². The zero-order valence-electron chi connectivity index (χ0n) is 16.5. The van der Waals surface area contributed by atoms with Gasteiger partial charge in [0.2, 0.25) is 0 Å². The number of hydrogen-bond donors (Lipinski definition) is 0. The lowest BCUT2D eigenvalue weighted by molar-refractivity contribution is -0.142. The molecular weight excluding hydrogens is 385 g/mol. The van der Waals surface area contributed by atoms with Crippen molar-refractivity contribution >= 4 is 0 Å². The van der Waals surface area contributed by atoms with E-state index in [9.17, 15) is 13.2 Å². The quantitative estimate of drug-likeness (QED) is 0.698. The maximum atomic E-state index is 12.9. The van der Waals surface area contributed by atoms with Crippen molar-refractivity contribution in [3.05, 3.63) is 59.8 Å². The van der Waals surface area contributed by atoms with E-state index in [1.807, 2.05) is 26.1 Å². The van der Waals surface area contributed by atoms with Gasteiger partial charge in [-0.2, -0.15) is 18.3 Å². The molecule has 1 atom stereocenters. The lowest BCUT2D eigenvalue weighted by atomic mass is 10.1. The molecule has 29 heavy (non-hydrogen) atoms. The molecule has 6 nitrogen and oxygen atoms in total. The molecule has 0 saturated heterocycles. The van der Waals surface area contributed by atoms with Crippen molar-refractivity contribution in [3.63, 3.8) is 0 Å². The fourth-order valence-corrected chi connectivity index (χ4v) is 3.14. The van der Waals surface area contributed by atoms with Gasteiger partial charge in [0.05, 0.1) is 18.0 Å². The summed E-state index contributed by atoms with van der Waals surface area (Å²) in [5, 5.41) is 3.80. The Bertz CT molecular complexity index is 905. The normalized spacial score (nSPS) is 17.2. The fourth-order valence-electron chi connectivity index (χ4n) is 3.14. The summed E-state index contributed by atoms with van der Waals surface area (Å²) < 4.78 is 50.8. The number of methoxy groups -OCH3 is 1. The van der Waals surface area contributed by atoms with Crippen molar-refractivity contribution in [1.82, 2.24) is 19.7 Å². The number of nitrogens with zero attached hydrogens (tertiary/aromatic N) is 4. The highest BCUT2D eigenvalue weighted by atomic mass is 19.4. The van der Waals surface area contributed by atoms with Gasteiger partial charge in [-0.25, -0.2) is 0 Å². The van der Waals surface area contributed by atoms with Crippen LogP contribution in [0.5, 0.6) is 0 Å². The lowest BCUT2D eigenvalue weighted by Crippen LogP contribution is -2.38. The molecule has 9 heteroatoms. The maximum absolute atomic E-state index is 12.9. The van der Waals surface area contributed by atoms with Crippen molar-refractivity contribution < 1.29 is 22.6 Å². The standard InChI is InChI=1S/C20H23F3N4O2/c1-14-6-7-18(17(12-28-3)26(14)2)29-11-15-5-4-9-24-19(15)16-8-10-25-27(16)13-20(21,22)23/h4-10,17H,11-13H2,1-3H3. The largest absolute Gasteiger partial charge is 0.491 e. The topological polar surface area (TPSA) is 52.4 Å². The monoisotopic (exact) mass is 408 g/mol. The molecule has 0 N–H and O–H groups in total. The maximum Gasteiger partial charge on any atom is 0.408 e. The molecule has 2 aromatic heterocycles.